The van der Waals surface area contributed by atoms with Crippen LogP contribution in [0.5, 0.6) is 0 Å². The van der Waals surface area contributed by atoms with Gasteiger partial charge < -0.3 is 4.90 Å². The number of nitrogens with zero attached hydrogens (tertiary/aromatic N) is 1. The van der Waals surface area contributed by atoms with Gasteiger partial charge in [0.2, 0.25) is 0 Å². The summed E-state index contributed by atoms with van der Waals surface area (Å²) in [7, 11) is 2.14. The van der Waals surface area contributed by atoms with E-state index in [1.807, 2.05) is 6.92 Å². The lowest BCUT2D eigenvalue weighted by Gasteiger charge is -2.13. The lowest BCUT2D eigenvalue weighted by molar-refractivity contribution is 0.648. The van der Waals surface area contributed by atoms with Crippen molar-refractivity contribution in [2.45, 2.75) is 25.9 Å². The van der Waals surface area contributed by atoms with Gasteiger partial charge in [0.25, 0.3) is 0 Å². The highest BCUT2D eigenvalue weighted by Gasteiger charge is 2.15. The first-order chi connectivity index (χ1) is 7.70. The molecule has 0 bridgehead atoms. The van der Waals surface area contributed by atoms with Crippen LogP contribution in [-0.2, 0) is 13.0 Å². The predicted molar refractivity (Wildman–Crippen MR) is 68.6 cm³/mol. The third-order valence-corrected chi connectivity index (χ3v) is 3.13. The van der Waals surface area contributed by atoms with Gasteiger partial charge in [0, 0.05) is 25.8 Å². The van der Waals surface area contributed by atoms with Gasteiger partial charge in [0.1, 0.15) is 0 Å². The number of hydrogen-bond donors (Lipinski definition) is 1. The SMILES string of the molecule is C#CC(C)NCc1ccc2c(c1)CCN2C. The van der Waals surface area contributed by atoms with E-state index in [2.05, 4.69) is 41.4 Å². The maximum absolute atomic E-state index is 5.33. The van der Waals surface area contributed by atoms with Crippen molar-refractivity contribution in [2.75, 3.05) is 18.5 Å². The van der Waals surface area contributed by atoms with E-state index in [9.17, 15) is 0 Å². The second kappa shape index (κ2) is 4.59. The molecule has 0 amide bonds. The van der Waals surface area contributed by atoms with E-state index in [0.717, 1.165) is 19.5 Å². The molecule has 0 aromatic heterocycles. The molecule has 1 aliphatic rings. The molecule has 2 rings (SSSR count). The number of benzene rings is 1. The summed E-state index contributed by atoms with van der Waals surface area (Å²) in [5, 5.41) is 3.30. The first-order valence-corrected chi connectivity index (χ1v) is 5.73. The second-order valence-electron chi connectivity index (χ2n) is 4.40. The Bertz CT molecular complexity index is 417. The van der Waals surface area contributed by atoms with Crippen LogP contribution in [0.1, 0.15) is 18.1 Å². The van der Waals surface area contributed by atoms with Gasteiger partial charge in [-0.05, 0) is 30.5 Å². The number of fused-ring (bicyclic) bond motifs is 1. The summed E-state index contributed by atoms with van der Waals surface area (Å²) in [5.74, 6) is 2.68. The summed E-state index contributed by atoms with van der Waals surface area (Å²) in [6, 6.07) is 6.81. The van der Waals surface area contributed by atoms with E-state index >= 15 is 0 Å². The molecule has 0 spiro atoms. The van der Waals surface area contributed by atoms with E-state index in [0.29, 0.717) is 0 Å². The van der Waals surface area contributed by atoms with Crippen molar-refractivity contribution < 1.29 is 0 Å². The molecule has 0 saturated carbocycles. The zero-order chi connectivity index (χ0) is 11.5. The van der Waals surface area contributed by atoms with Crippen LogP contribution in [0.4, 0.5) is 5.69 Å². The molecule has 1 heterocycles. The highest BCUT2D eigenvalue weighted by atomic mass is 15.1. The Morgan fingerprint density at radius 3 is 3.12 bits per heavy atom. The molecule has 0 radical (unpaired) electrons. The molecule has 2 nitrogen and oxygen atoms in total. The quantitative estimate of drug-likeness (QED) is 0.772. The molecule has 0 fully saturated rings. The van der Waals surface area contributed by atoms with Crippen LogP contribution < -0.4 is 10.2 Å². The zero-order valence-corrected chi connectivity index (χ0v) is 9.96. The maximum Gasteiger partial charge on any atom is 0.0660 e. The number of anilines is 1. The molecule has 1 aromatic carbocycles. The van der Waals surface area contributed by atoms with Crippen molar-refractivity contribution in [2.24, 2.45) is 0 Å². The number of hydrogen-bond acceptors (Lipinski definition) is 2. The molecule has 1 aliphatic heterocycles. The van der Waals surface area contributed by atoms with Crippen molar-refractivity contribution in [3.63, 3.8) is 0 Å². The molecule has 84 valence electrons. The third kappa shape index (κ3) is 2.20. The number of terminal acetylenes is 1. The van der Waals surface area contributed by atoms with Gasteiger partial charge in [0.05, 0.1) is 6.04 Å². The zero-order valence-electron chi connectivity index (χ0n) is 9.96. The largest absolute Gasteiger partial charge is 0.374 e. The van der Waals surface area contributed by atoms with Crippen LogP contribution in [0.2, 0.25) is 0 Å². The number of nitrogens with one attached hydrogen (secondary N) is 1. The highest BCUT2D eigenvalue weighted by Crippen LogP contribution is 2.27. The Kier molecular flexibility index (Phi) is 3.17. The molecular formula is C14H18N2. The first kappa shape index (κ1) is 11.0. The molecule has 1 atom stereocenters. The Hall–Kier alpha value is -1.46. The van der Waals surface area contributed by atoms with Crippen molar-refractivity contribution >= 4 is 5.69 Å². The topological polar surface area (TPSA) is 15.3 Å². The summed E-state index contributed by atoms with van der Waals surface area (Å²) in [5.41, 5.74) is 4.14. The third-order valence-electron chi connectivity index (χ3n) is 3.13. The first-order valence-electron chi connectivity index (χ1n) is 5.73. The summed E-state index contributed by atoms with van der Waals surface area (Å²) in [4.78, 5) is 2.30. The minimum absolute atomic E-state index is 0.135. The fourth-order valence-corrected chi connectivity index (χ4v) is 2.06. The van der Waals surface area contributed by atoms with Crippen molar-refractivity contribution in [3.8, 4) is 12.3 Å². The normalized spacial score (nSPS) is 15.7. The van der Waals surface area contributed by atoms with Gasteiger partial charge in [0.15, 0.2) is 0 Å². The van der Waals surface area contributed by atoms with E-state index in [1.54, 1.807) is 0 Å². The van der Waals surface area contributed by atoms with E-state index in [1.165, 1.54) is 16.8 Å². The molecule has 16 heavy (non-hydrogen) atoms. The van der Waals surface area contributed by atoms with Crippen molar-refractivity contribution in [1.82, 2.24) is 5.32 Å². The average molecular weight is 214 g/mol. The molecule has 1 unspecified atom stereocenters. The van der Waals surface area contributed by atoms with E-state index in [4.69, 9.17) is 6.42 Å². The number of rotatable bonds is 3. The van der Waals surface area contributed by atoms with E-state index in [-0.39, 0.29) is 6.04 Å². The summed E-state index contributed by atoms with van der Waals surface area (Å²) in [6.45, 7) is 3.98. The molecule has 0 aliphatic carbocycles. The summed E-state index contributed by atoms with van der Waals surface area (Å²) < 4.78 is 0. The Balaban J connectivity index is 2.05. The maximum atomic E-state index is 5.33. The second-order valence-corrected chi connectivity index (χ2v) is 4.40. The summed E-state index contributed by atoms with van der Waals surface area (Å²) >= 11 is 0. The Labute approximate surface area is 97.7 Å². The molecule has 1 N–H and O–H groups in total. The van der Waals surface area contributed by atoms with Gasteiger partial charge in [-0.1, -0.05) is 18.1 Å². The average Bonchev–Trinajstić information content (AvgIpc) is 2.67. The van der Waals surface area contributed by atoms with Crippen LogP contribution in [0.3, 0.4) is 0 Å². The van der Waals surface area contributed by atoms with Crippen molar-refractivity contribution in [1.29, 1.82) is 0 Å². The van der Waals surface area contributed by atoms with E-state index < -0.39 is 0 Å². The Morgan fingerprint density at radius 1 is 1.56 bits per heavy atom. The molecular weight excluding hydrogens is 196 g/mol. The Morgan fingerprint density at radius 2 is 2.38 bits per heavy atom. The predicted octanol–water partition coefficient (Wildman–Crippen LogP) is 1.79. The van der Waals surface area contributed by atoms with Crippen LogP contribution in [0, 0.1) is 12.3 Å². The van der Waals surface area contributed by atoms with Crippen LogP contribution in [0.15, 0.2) is 18.2 Å². The molecule has 2 heteroatoms. The van der Waals surface area contributed by atoms with Crippen LogP contribution in [-0.4, -0.2) is 19.6 Å². The lowest BCUT2D eigenvalue weighted by Crippen LogP contribution is -2.23. The van der Waals surface area contributed by atoms with Gasteiger partial charge in [-0.2, -0.15) is 0 Å². The summed E-state index contributed by atoms with van der Waals surface area (Å²) in [6.07, 6.45) is 6.48. The number of likely N-dealkylation sites (N-methyl/N-ethyl adjacent to an activating group) is 1. The van der Waals surface area contributed by atoms with Crippen LogP contribution in [0.25, 0.3) is 0 Å². The van der Waals surface area contributed by atoms with Crippen molar-refractivity contribution in [3.05, 3.63) is 29.3 Å². The van der Waals surface area contributed by atoms with Crippen LogP contribution >= 0.6 is 0 Å². The molecule has 1 aromatic rings. The minimum atomic E-state index is 0.135. The fourth-order valence-electron chi connectivity index (χ4n) is 2.06. The minimum Gasteiger partial charge on any atom is -0.374 e. The lowest BCUT2D eigenvalue weighted by atomic mass is 10.1. The molecule has 0 saturated heterocycles. The van der Waals surface area contributed by atoms with Gasteiger partial charge >= 0.3 is 0 Å². The van der Waals surface area contributed by atoms with Gasteiger partial charge in [-0.15, -0.1) is 6.42 Å². The fraction of sp³-hybridized carbons (Fsp3) is 0.429. The van der Waals surface area contributed by atoms with Gasteiger partial charge in [-0.25, -0.2) is 0 Å². The monoisotopic (exact) mass is 214 g/mol. The van der Waals surface area contributed by atoms with Gasteiger partial charge in [-0.3, -0.25) is 5.32 Å². The standard InChI is InChI=1S/C14H18N2/c1-4-11(2)15-10-12-5-6-14-13(9-12)7-8-16(14)3/h1,5-6,9,11,15H,7-8,10H2,2-3H3. The highest BCUT2D eigenvalue weighted by molar-refractivity contribution is 5.58. The smallest absolute Gasteiger partial charge is 0.0660 e.